The lowest BCUT2D eigenvalue weighted by molar-refractivity contribution is -0.138. The lowest BCUT2D eigenvalue weighted by Gasteiger charge is -2.31. The fraction of sp³-hybridized carbons (Fsp3) is 0.609. The van der Waals surface area contributed by atoms with Crippen molar-refractivity contribution in [2.45, 2.75) is 37.7 Å². The van der Waals surface area contributed by atoms with E-state index in [0.717, 1.165) is 5.56 Å². The number of carbonyl (C=O) groups is 3. The van der Waals surface area contributed by atoms with Crippen molar-refractivity contribution in [3.05, 3.63) is 35.9 Å². The van der Waals surface area contributed by atoms with Crippen molar-refractivity contribution in [3.63, 3.8) is 0 Å². The van der Waals surface area contributed by atoms with Crippen molar-refractivity contribution >= 4 is 25.0 Å². The number of benzene rings is 1. The van der Waals surface area contributed by atoms with Crippen molar-refractivity contribution < 1.29 is 33.9 Å². The van der Waals surface area contributed by atoms with Gasteiger partial charge in [-0.25, -0.2) is 4.79 Å². The fourth-order valence-electron chi connectivity index (χ4n) is 4.08. The molecule has 0 aliphatic carbocycles. The first kappa shape index (κ1) is 26.9. The minimum absolute atomic E-state index is 0.236. The van der Waals surface area contributed by atoms with Crippen molar-refractivity contribution in [3.8, 4) is 0 Å². The molecule has 2 heterocycles. The highest BCUT2D eigenvalue weighted by Crippen LogP contribution is 2.10. The number of carbonyl (C=O) groups excluding carboxylic acids is 3. The topological polar surface area (TPSA) is 141 Å². The molecule has 11 nitrogen and oxygen atoms in total. The van der Waals surface area contributed by atoms with Gasteiger partial charge < -0.3 is 40.0 Å². The van der Waals surface area contributed by atoms with Gasteiger partial charge in [0.25, 0.3) is 0 Å². The fourth-order valence-corrected chi connectivity index (χ4v) is 4.08. The predicted octanol–water partition coefficient (Wildman–Crippen LogP) is -0.835. The third-order valence-electron chi connectivity index (χ3n) is 6.17. The van der Waals surface area contributed by atoms with Crippen LogP contribution in [0, 0.1) is 0 Å². The first-order valence-corrected chi connectivity index (χ1v) is 12.1. The molecule has 0 radical (unpaired) electrons. The molecular weight excluding hydrogens is 455 g/mol. The number of morpholine rings is 2. The summed E-state index contributed by atoms with van der Waals surface area (Å²) in [5.41, 5.74) is 1.11. The molecule has 35 heavy (non-hydrogen) atoms. The van der Waals surface area contributed by atoms with Crippen LogP contribution in [0.3, 0.4) is 0 Å². The average Bonchev–Trinajstić information content (AvgIpc) is 2.89. The zero-order chi connectivity index (χ0) is 25.0. The molecule has 2 aliphatic heterocycles. The Hall–Kier alpha value is -2.67. The van der Waals surface area contributed by atoms with E-state index >= 15 is 0 Å². The van der Waals surface area contributed by atoms with E-state index in [4.69, 9.17) is 9.47 Å². The Kier molecular flexibility index (Phi) is 10.8. The lowest BCUT2D eigenvalue weighted by atomic mass is 9.76. The average molecular weight is 490 g/mol. The van der Waals surface area contributed by atoms with E-state index in [1.165, 1.54) is 4.90 Å². The maximum atomic E-state index is 13.1. The maximum Gasteiger partial charge on any atom is 0.475 e. The van der Waals surface area contributed by atoms with Gasteiger partial charge in [0.1, 0.15) is 6.04 Å². The maximum absolute atomic E-state index is 13.1. The van der Waals surface area contributed by atoms with Crippen LogP contribution >= 0.6 is 0 Å². The molecule has 2 fully saturated rings. The number of hydrogen-bond acceptors (Lipinski definition) is 7. The van der Waals surface area contributed by atoms with Crippen molar-refractivity contribution in [2.24, 2.45) is 0 Å². The highest BCUT2D eigenvalue weighted by Gasteiger charge is 2.33. The van der Waals surface area contributed by atoms with Gasteiger partial charge >= 0.3 is 13.1 Å². The molecule has 4 N–H and O–H groups in total. The molecule has 1 unspecified atom stereocenters. The molecule has 2 atom stereocenters. The highest BCUT2D eigenvalue weighted by molar-refractivity contribution is 6.43. The van der Waals surface area contributed by atoms with E-state index in [9.17, 15) is 24.4 Å². The van der Waals surface area contributed by atoms with Gasteiger partial charge in [-0.1, -0.05) is 30.3 Å². The summed E-state index contributed by atoms with van der Waals surface area (Å²) >= 11 is 0. The van der Waals surface area contributed by atoms with Crippen LogP contribution < -0.4 is 10.6 Å². The Labute approximate surface area is 205 Å². The second kappa shape index (κ2) is 14.0. The minimum Gasteiger partial charge on any atom is -0.426 e. The van der Waals surface area contributed by atoms with Crippen molar-refractivity contribution in [1.29, 1.82) is 0 Å². The molecule has 0 aromatic heterocycles. The summed E-state index contributed by atoms with van der Waals surface area (Å²) in [6.45, 7) is 3.24. The third kappa shape index (κ3) is 8.81. The number of ether oxygens (including phenoxy) is 2. The summed E-state index contributed by atoms with van der Waals surface area (Å²) in [7, 11) is -1.78. The number of rotatable bonds is 10. The molecule has 0 spiro atoms. The Bertz CT molecular complexity index is 785. The third-order valence-corrected chi connectivity index (χ3v) is 6.17. The van der Waals surface area contributed by atoms with Crippen LogP contribution in [0.5, 0.6) is 0 Å². The quantitative estimate of drug-likeness (QED) is 0.314. The van der Waals surface area contributed by atoms with Gasteiger partial charge in [0.05, 0.1) is 38.8 Å². The summed E-state index contributed by atoms with van der Waals surface area (Å²) in [6.07, 6.45) is 1.41. The van der Waals surface area contributed by atoms with E-state index in [2.05, 4.69) is 10.6 Å². The molecule has 192 valence electrons. The second-order valence-electron chi connectivity index (χ2n) is 8.71. The van der Waals surface area contributed by atoms with Gasteiger partial charge in [0, 0.05) is 26.2 Å². The summed E-state index contributed by atoms with van der Waals surface area (Å²) in [5, 5.41) is 25.0. The minimum atomic E-state index is -1.78. The normalized spacial score (nSPS) is 17.9. The molecule has 0 saturated carbocycles. The largest absolute Gasteiger partial charge is 0.475 e. The Morgan fingerprint density at radius 2 is 1.51 bits per heavy atom. The van der Waals surface area contributed by atoms with Crippen LogP contribution in [0.4, 0.5) is 4.79 Å². The van der Waals surface area contributed by atoms with Crippen molar-refractivity contribution in [1.82, 2.24) is 20.4 Å². The van der Waals surface area contributed by atoms with E-state index in [0.29, 0.717) is 71.9 Å². The van der Waals surface area contributed by atoms with Gasteiger partial charge in [-0.3, -0.25) is 9.59 Å². The number of nitrogens with zero attached hydrogens (tertiary/aromatic N) is 2. The molecule has 1 aromatic rings. The first-order chi connectivity index (χ1) is 16.9. The van der Waals surface area contributed by atoms with Crippen LogP contribution in [0.1, 0.15) is 24.8 Å². The van der Waals surface area contributed by atoms with Crippen LogP contribution in [-0.2, 0) is 25.5 Å². The Morgan fingerprint density at radius 1 is 0.914 bits per heavy atom. The molecular formula is C23H35BN4O7. The summed E-state index contributed by atoms with van der Waals surface area (Å²) in [6, 6.07) is 8.14. The Morgan fingerprint density at radius 3 is 2.11 bits per heavy atom. The SMILES string of the molecule is O=C(N[C@@H](CCCc1ccccc1)B(O)O)C(CC(=O)N1CCOCC1)NC(=O)N1CCOCC1. The molecule has 4 amide bonds. The molecule has 1 aromatic carbocycles. The zero-order valence-electron chi connectivity index (χ0n) is 19.9. The van der Waals surface area contributed by atoms with Crippen LogP contribution in [0.25, 0.3) is 0 Å². The van der Waals surface area contributed by atoms with E-state index < -0.39 is 31.0 Å². The molecule has 2 saturated heterocycles. The second-order valence-corrected chi connectivity index (χ2v) is 8.71. The van der Waals surface area contributed by atoms with Crippen LogP contribution in [-0.4, -0.2) is 109 Å². The molecule has 3 rings (SSSR count). The molecule has 2 aliphatic rings. The van der Waals surface area contributed by atoms with E-state index in [1.54, 1.807) is 4.90 Å². The van der Waals surface area contributed by atoms with Crippen LogP contribution in [0.2, 0.25) is 0 Å². The van der Waals surface area contributed by atoms with Crippen molar-refractivity contribution in [2.75, 3.05) is 52.6 Å². The summed E-state index contributed by atoms with van der Waals surface area (Å²) in [4.78, 5) is 41.9. The smallest absolute Gasteiger partial charge is 0.426 e. The molecule has 0 bridgehead atoms. The van der Waals surface area contributed by atoms with E-state index in [1.807, 2.05) is 30.3 Å². The number of aryl methyl sites for hydroxylation is 1. The highest BCUT2D eigenvalue weighted by atomic mass is 16.5. The number of nitrogens with one attached hydrogen (secondary N) is 2. The van der Waals surface area contributed by atoms with E-state index in [-0.39, 0.29) is 12.3 Å². The van der Waals surface area contributed by atoms with Gasteiger partial charge in [-0.2, -0.15) is 0 Å². The molecule has 12 heteroatoms. The number of urea groups is 1. The summed E-state index contributed by atoms with van der Waals surface area (Å²) in [5.74, 6) is -1.85. The van der Waals surface area contributed by atoms with Crippen LogP contribution in [0.15, 0.2) is 30.3 Å². The lowest BCUT2D eigenvalue weighted by Crippen LogP contribution is -2.58. The van der Waals surface area contributed by atoms with Gasteiger partial charge in [-0.05, 0) is 24.8 Å². The monoisotopic (exact) mass is 490 g/mol. The van der Waals surface area contributed by atoms with Gasteiger partial charge in [0.2, 0.25) is 11.8 Å². The first-order valence-electron chi connectivity index (χ1n) is 12.1. The van der Waals surface area contributed by atoms with Gasteiger partial charge in [0.15, 0.2) is 0 Å². The zero-order valence-corrected chi connectivity index (χ0v) is 19.9. The number of amides is 4. The predicted molar refractivity (Wildman–Crippen MR) is 128 cm³/mol. The standard InChI is InChI=1S/C23H35BN4O7/c29-21(27-9-13-34-14-10-27)17-19(25-23(31)28-11-15-35-16-12-28)22(30)26-20(24(32)33)8-4-7-18-5-2-1-3-6-18/h1-3,5-6,19-20,32-33H,4,7-17H2,(H,25,31)(H,26,30)/t19?,20-/m0/s1. The van der Waals surface area contributed by atoms with Gasteiger partial charge in [-0.15, -0.1) is 0 Å². The Balaban J connectivity index is 1.61. The summed E-state index contributed by atoms with van der Waals surface area (Å²) < 4.78 is 10.5. The number of hydrogen-bond donors (Lipinski definition) is 4.